The third-order valence-electron chi connectivity index (χ3n) is 4.90. The van der Waals surface area contributed by atoms with E-state index in [4.69, 9.17) is 4.98 Å². The summed E-state index contributed by atoms with van der Waals surface area (Å²) in [6, 6.07) is 9.61. The van der Waals surface area contributed by atoms with Crippen LogP contribution in [0.5, 0.6) is 0 Å². The summed E-state index contributed by atoms with van der Waals surface area (Å²) in [7, 11) is 0. The van der Waals surface area contributed by atoms with Gasteiger partial charge in [-0.3, -0.25) is 9.59 Å². The quantitative estimate of drug-likeness (QED) is 0.740. The zero-order valence-electron chi connectivity index (χ0n) is 15.5. The molecule has 6 nitrogen and oxygen atoms in total. The van der Waals surface area contributed by atoms with E-state index in [1.54, 1.807) is 23.2 Å². The largest absolute Gasteiger partial charge is 0.362 e. The topological polar surface area (TPSA) is 69.3 Å². The lowest BCUT2D eigenvalue weighted by atomic mass is 10.1. The summed E-state index contributed by atoms with van der Waals surface area (Å²) in [5.41, 5.74) is 2.47. The summed E-state index contributed by atoms with van der Waals surface area (Å²) < 4.78 is 1.17. The molecule has 0 unspecified atom stereocenters. The molecule has 3 heterocycles. The normalized spacial score (nSPS) is 15.2. The van der Waals surface area contributed by atoms with Gasteiger partial charge in [-0.1, -0.05) is 23.5 Å². The standard InChI is InChI=1S/C20H22N4O2S/c1-13-12-16(25)18(14(2)21-13)19(26)23-8-5-9-24(11-10-23)20-22-15-6-3-4-7-17(15)27-20/h3-4,6-7,12H,5,8-11H2,1-2H3,(H,21,25). The Morgan fingerprint density at radius 2 is 1.96 bits per heavy atom. The number of H-pyrrole nitrogens is 1. The van der Waals surface area contributed by atoms with Crippen LogP contribution in [0.3, 0.4) is 0 Å². The zero-order valence-corrected chi connectivity index (χ0v) is 16.3. The maximum Gasteiger partial charge on any atom is 0.259 e. The summed E-state index contributed by atoms with van der Waals surface area (Å²) in [5.74, 6) is -0.181. The highest BCUT2D eigenvalue weighted by Gasteiger charge is 2.24. The Morgan fingerprint density at radius 3 is 2.74 bits per heavy atom. The summed E-state index contributed by atoms with van der Waals surface area (Å²) in [6.07, 6.45) is 0.852. The highest BCUT2D eigenvalue weighted by molar-refractivity contribution is 7.22. The van der Waals surface area contributed by atoms with E-state index < -0.39 is 0 Å². The first-order valence-electron chi connectivity index (χ1n) is 9.13. The number of hydrogen-bond acceptors (Lipinski definition) is 5. The third kappa shape index (κ3) is 3.47. The number of benzene rings is 1. The van der Waals surface area contributed by atoms with Gasteiger partial charge in [0.15, 0.2) is 10.6 Å². The van der Waals surface area contributed by atoms with E-state index >= 15 is 0 Å². The first-order chi connectivity index (χ1) is 13.0. The van der Waals surface area contributed by atoms with Crippen LogP contribution in [-0.4, -0.2) is 47.0 Å². The Kier molecular flexibility index (Phi) is 4.70. The van der Waals surface area contributed by atoms with E-state index in [0.717, 1.165) is 29.3 Å². The average molecular weight is 382 g/mol. The minimum absolute atomic E-state index is 0.181. The molecule has 7 heteroatoms. The van der Waals surface area contributed by atoms with E-state index in [2.05, 4.69) is 16.0 Å². The molecular weight excluding hydrogens is 360 g/mol. The van der Waals surface area contributed by atoms with E-state index in [1.165, 1.54) is 10.8 Å². The van der Waals surface area contributed by atoms with Crippen LogP contribution in [0, 0.1) is 13.8 Å². The number of rotatable bonds is 2. The number of para-hydroxylation sites is 1. The molecule has 3 aromatic rings. The molecule has 4 rings (SSSR count). The second-order valence-corrected chi connectivity index (χ2v) is 7.92. The fourth-order valence-electron chi connectivity index (χ4n) is 3.58. The third-order valence-corrected chi connectivity index (χ3v) is 6.00. The van der Waals surface area contributed by atoms with Gasteiger partial charge in [0.2, 0.25) is 0 Å². The predicted octanol–water partition coefficient (Wildman–Crippen LogP) is 2.95. The Bertz CT molecular complexity index is 1020. The van der Waals surface area contributed by atoms with Crippen molar-refractivity contribution in [1.82, 2.24) is 14.9 Å². The molecule has 1 N–H and O–H groups in total. The molecule has 140 valence electrons. The number of amides is 1. The summed E-state index contributed by atoms with van der Waals surface area (Å²) in [6.45, 7) is 6.41. The molecule has 0 saturated carbocycles. The summed E-state index contributed by atoms with van der Waals surface area (Å²) >= 11 is 1.68. The van der Waals surface area contributed by atoms with Gasteiger partial charge in [0.25, 0.3) is 5.91 Å². The van der Waals surface area contributed by atoms with Crippen LogP contribution >= 0.6 is 11.3 Å². The highest BCUT2D eigenvalue weighted by Crippen LogP contribution is 2.29. The lowest BCUT2D eigenvalue weighted by molar-refractivity contribution is 0.0764. The molecule has 1 saturated heterocycles. The van der Waals surface area contributed by atoms with Crippen LogP contribution in [0.4, 0.5) is 5.13 Å². The summed E-state index contributed by atoms with van der Waals surface area (Å²) in [4.78, 5) is 37.2. The molecule has 0 bridgehead atoms. The Balaban J connectivity index is 1.53. The van der Waals surface area contributed by atoms with Crippen molar-refractivity contribution in [2.24, 2.45) is 0 Å². The minimum Gasteiger partial charge on any atom is -0.362 e. The van der Waals surface area contributed by atoms with Crippen molar-refractivity contribution in [3.05, 3.63) is 57.5 Å². The van der Waals surface area contributed by atoms with Gasteiger partial charge >= 0.3 is 0 Å². The number of nitrogens with zero attached hydrogens (tertiary/aromatic N) is 3. The molecule has 1 aliphatic heterocycles. The second kappa shape index (κ2) is 7.15. The van der Waals surface area contributed by atoms with Gasteiger partial charge in [-0.05, 0) is 32.4 Å². The van der Waals surface area contributed by atoms with Crippen molar-refractivity contribution in [3.63, 3.8) is 0 Å². The fourth-order valence-corrected chi connectivity index (χ4v) is 4.60. The van der Waals surface area contributed by atoms with Crippen molar-refractivity contribution >= 4 is 32.6 Å². The van der Waals surface area contributed by atoms with Crippen LogP contribution < -0.4 is 10.3 Å². The predicted molar refractivity (Wildman–Crippen MR) is 109 cm³/mol. The first-order valence-corrected chi connectivity index (χ1v) is 9.95. The fraction of sp³-hybridized carbons (Fsp3) is 0.350. The average Bonchev–Trinajstić information content (AvgIpc) is 2.90. The molecule has 1 aromatic carbocycles. The van der Waals surface area contributed by atoms with Gasteiger partial charge in [0.1, 0.15) is 5.56 Å². The van der Waals surface area contributed by atoms with E-state index in [0.29, 0.717) is 25.3 Å². The number of aromatic nitrogens is 2. The molecule has 1 aliphatic rings. The number of pyridine rings is 1. The van der Waals surface area contributed by atoms with Crippen molar-refractivity contribution in [2.45, 2.75) is 20.3 Å². The number of hydrogen-bond donors (Lipinski definition) is 1. The Hall–Kier alpha value is -2.67. The number of thiazole rings is 1. The molecule has 1 amide bonds. The van der Waals surface area contributed by atoms with Crippen LogP contribution in [0.15, 0.2) is 35.1 Å². The van der Waals surface area contributed by atoms with Crippen molar-refractivity contribution in [2.75, 3.05) is 31.1 Å². The van der Waals surface area contributed by atoms with Crippen molar-refractivity contribution < 1.29 is 4.79 Å². The van der Waals surface area contributed by atoms with Crippen molar-refractivity contribution in [3.8, 4) is 0 Å². The van der Waals surface area contributed by atoms with Gasteiger partial charge in [-0.2, -0.15) is 0 Å². The summed E-state index contributed by atoms with van der Waals surface area (Å²) in [5, 5.41) is 0.995. The SMILES string of the molecule is Cc1cc(=O)c(C(=O)N2CCCN(c3nc4ccccc4s3)CC2)c(C)[nH]1. The lowest BCUT2D eigenvalue weighted by Crippen LogP contribution is -2.38. The van der Waals surface area contributed by atoms with Gasteiger partial charge in [-0.25, -0.2) is 4.98 Å². The second-order valence-electron chi connectivity index (χ2n) is 6.91. The number of carbonyl (C=O) groups excluding carboxylic acids is 1. The Labute approximate surface area is 161 Å². The Morgan fingerprint density at radius 1 is 1.15 bits per heavy atom. The molecule has 0 aliphatic carbocycles. The number of nitrogens with one attached hydrogen (secondary N) is 1. The van der Waals surface area contributed by atoms with Gasteiger partial charge in [0.05, 0.1) is 10.2 Å². The van der Waals surface area contributed by atoms with Crippen LogP contribution in [0.25, 0.3) is 10.2 Å². The molecule has 0 atom stereocenters. The number of anilines is 1. The molecule has 0 spiro atoms. The van der Waals surface area contributed by atoms with Crippen molar-refractivity contribution in [1.29, 1.82) is 0 Å². The van der Waals surface area contributed by atoms with Gasteiger partial charge in [0, 0.05) is 43.6 Å². The lowest BCUT2D eigenvalue weighted by Gasteiger charge is -2.22. The monoisotopic (exact) mass is 382 g/mol. The molecule has 0 radical (unpaired) electrons. The van der Waals surface area contributed by atoms with E-state index in [-0.39, 0.29) is 16.9 Å². The van der Waals surface area contributed by atoms with E-state index in [9.17, 15) is 9.59 Å². The maximum absolute atomic E-state index is 13.0. The van der Waals surface area contributed by atoms with Gasteiger partial charge in [-0.15, -0.1) is 0 Å². The van der Waals surface area contributed by atoms with Crippen LogP contribution in [0.1, 0.15) is 28.2 Å². The number of aromatic amines is 1. The zero-order chi connectivity index (χ0) is 19.0. The molecule has 27 heavy (non-hydrogen) atoms. The van der Waals surface area contributed by atoms with E-state index in [1.807, 2.05) is 25.1 Å². The smallest absolute Gasteiger partial charge is 0.259 e. The minimum atomic E-state index is -0.207. The molecule has 2 aromatic heterocycles. The molecule has 1 fully saturated rings. The number of carbonyl (C=O) groups is 1. The number of fused-ring (bicyclic) bond motifs is 1. The highest BCUT2D eigenvalue weighted by atomic mass is 32.1. The maximum atomic E-state index is 13.0. The number of aryl methyl sites for hydroxylation is 2. The van der Waals surface area contributed by atoms with Crippen LogP contribution in [0.2, 0.25) is 0 Å². The van der Waals surface area contributed by atoms with Gasteiger partial charge < -0.3 is 14.8 Å². The molecular formula is C20H22N4O2S. The van der Waals surface area contributed by atoms with Crippen LogP contribution in [-0.2, 0) is 0 Å². The first kappa shape index (κ1) is 17.7.